The molecule has 0 bridgehead atoms. The summed E-state index contributed by atoms with van der Waals surface area (Å²) in [4.78, 5) is 41.4. The summed E-state index contributed by atoms with van der Waals surface area (Å²) in [5.41, 5.74) is 0.571. The second kappa shape index (κ2) is 9.43. The number of aromatic nitrogens is 2. The number of nitrogens with zero attached hydrogens (tertiary/aromatic N) is 2. The average Bonchev–Trinajstić information content (AvgIpc) is 2.73. The van der Waals surface area contributed by atoms with Gasteiger partial charge in [0.05, 0.1) is 23.8 Å². The summed E-state index contributed by atoms with van der Waals surface area (Å²) in [6.45, 7) is 4.24. The van der Waals surface area contributed by atoms with Crippen LogP contribution in [0.4, 0.5) is 0 Å². The number of rotatable bonds is 6. The van der Waals surface area contributed by atoms with Crippen LogP contribution in [0.25, 0.3) is 10.9 Å². The number of hydrogen-bond acceptors (Lipinski definition) is 6. The number of ether oxygens (including phenoxy) is 1. The SMILES string of the molecule is COC(=O)CNC(=O)CSc1nc2ccccc2c(=O)n1[C@@H]1CCC[C@H](C)[C@H]1C. The van der Waals surface area contributed by atoms with Crippen LogP contribution in [0.15, 0.2) is 34.2 Å². The highest BCUT2D eigenvalue weighted by molar-refractivity contribution is 7.99. The van der Waals surface area contributed by atoms with Gasteiger partial charge in [-0.3, -0.25) is 19.0 Å². The Balaban J connectivity index is 1.91. The van der Waals surface area contributed by atoms with Crippen molar-refractivity contribution >= 4 is 34.5 Å². The molecule has 156 valence electrons. The van der Waals surface area contributed by atoms with E-state index >= 15 is 0 Å². The number of benzene rings is 1. The number of thioether (sulfide) groups is 1. The molecule has 1 N–H and O–H groups in total. The summed E-state index contributed by atoms with van der Waals surface area (Å²) >= 11 is 1.23. The minimum Gasteiger partial charge on any atom is -0.468 e. The smallest absolute Gasteiger partial charge is 0.325 e. The zero-order valence-corrected chi connectivity index (χ0v) is 17.8. The molecule has 8 heteroatoms. The molecule has 0 radical (unpaired) electrons. The van der Waals surface area contributed by atoms with Crippen molar-refractivity contribution in [2.24, 2.45) is 11.8 Å². The van der Waals surface area contributed by atoms with Crippen LogP contribution in [0, 0.1) is 11.8 Å². The topological polar surface area (TPSA) is 90.3 Å². The van der Waals surface area contributed by atoms with Crippen LogP contribution in [0.1, 0.15) is 39.2 Å². The number of esters is 1. The number of amides is 1. The van der Waals surface area contributed by atoms with Gasteiger partial charge < -0.3 is 10.1 Å². The Morgan fingerprint density at radius 2 is 2.03 bits per heavy atom. The zero-order chi connectivity index (χ0) is 21.0. The average molecular weight is 418 g/mol. The Labute approximate surface area is 174 Å². The zero-order valence-electron chi connectivity index (χ0n) is 17.0. The predicted octanol–water partition coefficient (Wildman–Crippen LogP) is 2.78. The van der Waals surface area contributed by atoms with Gasteiger partial charge in [-0.25, -0.2) is 4.98 Å². The highest BCUT2D eigenvalue weighted by atomic mass is 32.2. The lowest BCUT2D eigenvalue weighted by Crippen LogP contribution is -2.36. The number of carbonyl (C=O) groups excluding carboxylic acids is 2. The van der Waals surface area contributed by atoms with Gasteiger partial charge in [0.2, 0.25) is 5.91 Å². The Morgan fingerprint density at radius 1 is 1.28 bits per heavy atom. The second-order valence-electron chi connectivity index (χ2n) is 7.56. The van der Waals surface area contributed by atoms with E-state index in [1.54, 1.807) is 10.6 Å². The number of fused-ring (bicyclic) bond motifs is 1. The normalized spacial score (nSPS) is 21.7. The second-order valence-corrected chi connectivity index (χ2v) is 8.51. The van der Waals surface area contributed by atoms with Crippen LogP contribution in [0.3, 0.4) is 0 Å². The summed E-state index contributed by atoms with van der Waals surface area (Å²) in [5.74, 6) is 0.122. The van der Waals surface area contributed by atoms with E-state index in [2.05, 4.69) is 23.9 Å². The number of nitrogens with one attached hydrogen (secondary N) is 1. The van der Waals surface area contributed by atoms with Crippen LogP contribution in [-0.4, -0.2) is 40.8 Å². The molecule has 0 aliphatic heterocycles. The molecule has 3 atom stereocenters. The molecule has 1 aliphatic carbocycles. The standard InChI is InChI=1S/C21H27N3O4S/c1-13-7-6-10-17(14(13)2)24-20(27)15-8-4-5-9-16(15)23-21(24)29-12-18(25)22-11-19(26)28-3/h4-5,8-9,13-14,17H,6-7,10-12H2,1-3H3,(H,22,25)/t13-,14+,17+/m0/s1. The molecule has 1 fully saturated rings. The van der Waals surface area contributed by atoms with Crippen molar-refractivity contribution in [2.75, 3.05) is 19.4 Å². The minimum atomic E-state index is -0.505. The van der Waals surface area contributed by atoms with Gasteiger partial charge in [0.1, 0.15) is 6.54 Å². The first kappa shape index (κ1) is 21.4. The molecule has 0 unspecified atom stereocenters. The first-order valence-corrected chi connectivity index (χ1v) is 10.9. The molecular weight excluding hydrogens is 390 g/mol. The van der Waals surface area contributed by atoms with Gasteiger partial charge in [-0.1, -0.05) is 50.6 Å². The third-order valence-electron chi connectivity index (χ3n) is 5.76. The van der Waals surface area contributed by atoms with E-state index in [0.717, 1.165) is 19.3 Å². The highest BCUT2D eigenvalue weighted by Crippen LogP contribution is 2.38. The molecule has 1 aliphatic rings. The Hall–Kier alpha value is -2.35. The van der Waals surface area contributed by atoms with Crippen molar-refractivity contribution < 1.29 is 14.3 Å². The molecule has 1 aromatic carbocycles. The van der Waals surface area contributed by atoms with Gasteiger partial charge >= 0.3 is 5.97 Å². The Kier molecular flexibility index (Phi) is 6.95. The van der Waals surface area contributed by atoms with E-state index < -0.39 is 5.97 Å². The van der Waals surface area contributed by atoms with E-state index in [9.17, 15) is 14.4 Å². The Bertz CT molecular complexity index is 959. The van der Waals surface area contributed by atoms with Crippen LogP contribution < -0.4 is 10.9 Å². The Morgan fingerprint density at radius 3 is 2.79 bits per heavy atom. The summed E-state index contributed by atoms with van der Waals surface area (Å²) < 4.78 is 6.32. The largest absolute Gasteiger partial charge is 0.468 e. The van der Waals surface area contributed by atoms with Crippen molar-refractivity contribution in [1.29, 1.82) is 0 Å². The molecule has 0 spiro atoms. The number of carbonyl (C=O) groups is 2. The maximum absolute atomic E-state index is 13.3. The molecule has 29 heavy (non-hydrogen) atoms. The summed E-state index contributed by atoms with van der Waals surface area (Å²) in [7, 11) is 1.27. The van der Waals surface area contributed by atoms with Gasteiger partial charge in [0, 0.05) is 6.04 Å². The maximum Gasteiger partial charge on any atom is 0.325 e. The number of hydrogen-bond donors (Lipinski definition) is 1. The molecule has 1 heterocycles. The molecule has 1 saturated carbocycles. The summed E-state index contributed by atoms with van der Waals surface area (Å²) in [5, 5.41) is 3.66. The maximum atomic E-state index is 13.3. The van der Waals surface area contributed by atoms with Crippen molar-refractivity contribution in [2.45, 2.75) is 44.3 Å². The first-order valence-electron chi connectivity index (χ1n) is 9.90. The van der Waals surface area contributed by atoms with Gasteiger partial charge in [0.15, 0.2) is 5.16 Å². The monoisotopic (exact) mass is 417 g/mol. The van der Waals surface area contributed by atoms with Gasteiger partial charge in [-0.05, 0) is 30.4 Å². The lowest BCUT2D eigenvalue weighted by molar-refractivity contribution is -0.140. The van der Waals surface area contributed by atoms with Gasteiger partial charge in [0.25, 0.3) is 5.56 Å². The van der Waals surface area contributed by atoms with Crippen molar-refractivity contribution in [3.05, 3.63) is 34.6 Å². The fourth-order valence-corrected chi connectivity index (χ4v) is 4.74. The number of methoxy groups -OCH3 is 1. The summed E-state index contributed by atoms with van der Waals surface area (Å²) in [6.07, 6.45) is 3.15. The van der Waals surface area contributed by atoms with E-state index in [-0.39, 0.29) is 29.8 Å². The molecule has 7 nitrogen and oxygen atoms in total. The fourth-order valence-electron chi connectivity index (χ4n) is 3.86. The predicted molar refractivity (Wildman–Crippen MR) is 113 cm³/mol. The molecule has 3 rings (SSSR count). The van der Waals surface area contributed by atoms with E-state index in [1.807, 2.05) is 18.2 Å². The third kappa shape index (κ3) is 4.80. The van der Waals surface area contributed by atoms with Crippen LogP contribution in [0.2, 0.25) is 0 Å². The van der Waals surface area contributed by atoms with E-state index in [0.29, 0.717) is 27.9 Å². The lowest BCUT2D eigenvalue weighted by atomic mass is 9.78. The molecule has 2 aromatic rings. The van der Waals surface area contributed by atoms with Crippen LogP contribution in [0.5, 0.6) is 0 Å². The van der Waals surface area contributed by atoms with E-state index in [4.69, 9.17) is 4.98 Å². The first-order chi connectivity index (χ1) is 13.9. The number of para-hydroxylation sites is 1. The highest BCUT2D eigenvalue weighted by Gasteiger charge is 2.31. The van der Waals surface area contributed by atoms with Crippen molar-refractivity contribution in [3.63, 3.8) is 0 Å². The quantitative estimate of drug-likeness (QED) is 0.442. The lowest BCUT2D eigenvalue weighted by Gasteiger charge is -2.36. The van der Waals surface area contributed by atoms with Crippen LogP contribution >= 0.6 is 11.8 Å². The van der Waals surface area contributed by atoms with E-state index in [1.165, 1.54) is 18.9 Å². The third-order valence-corrected chi connectivity index (χ3v) is 6.71. The van der Waals surface area contributed by atoms with Gasteiger partial charge in [-0.15, -0.1) is 0 Å². The van der Waals surface area contributed by atoms with Crippen LogP contribution in [-0.2, 0) is 14.3 Å². The fraction of sp³-hybridized carbons (Fsp3) is 0.524. The summed E-state index contributed by atoms with van der Waals surface area (Å²) in [6, 6.07) is 7.37. The van der Waals surface area contributed by atoms with Crippen molar-refractivity contribution in [3.8, 4) is 0 Å². The minimum absolute atomic E-state index is 0.0565. The van der Waals surface area contributed by atoms with Gasteiger partial charge in [-0.2, -0.15) is 0 Å². The molecule has 1 amide bonds. The van der Waals surface area contributed by atoms with Crippen molar-refractivity contribution in [1.82, 2.24) is 14.9 Å². The molecular formula is C21H27N3O4S. The molecule has 0 saturated heterocycles. The molecule has 1 aromatic heterocycles.